The highest BCUT2D eigenvalue weighted by Gasteiger charge is 2.31. The fraction of sp³-hybridized carbons (Fsp3) is 0.125. The Labute approximate surface area is 132 Å². The molecule has 0 bridgehead atoms. The van der Waals surface area contributed by atoms with Crippen LogP contribution in [0.15, 0.2) is 47.6 Å². The van der Waals surface area contributed by atoms with Gasteiger partial charge in [0.25, 0.3) is 0 Å². The molecule has 4 nitrogen and oxygen atoms in total. The lowest BCUT2D eigenvalue weighted by Crippen LogP contribution is -2.39. The van der Waals surface area contributed by atoms with Gasteiger partial charge in [0.05, 0.1) is 5.02 Å². The van der Waals surface area contributed by atoms with Crippen molar-refractivity contribution < 1.29 is 9.18 Å². The molecule has 0 fully saturated rings. The van der Waals surface area contributed by atoms with Gasteiger partial charge >= 0.3 is 0 Å². The highest BCUT2D eigenvalue weighted by Crippen LogP contribution is 2.38. The first-order valence-electron chi connectivity index (χ1n) is 6.74. The fourth-order valence-corrected chi connectivity index (χ4v) is 2.69. The number of nitrogens with zero attached hydrogens (tertiary/aromatic N) is 2. The van der Waals surface area contributed by atoms with Gasteiger partial charge in [0.1, 0.15) is 11.7 Å². The summed E-state index contributed by atoms with van der Waals surface area (Å²) in [6.07, 6.45) is 1.86. The van der Waals surface area contributed by atoms with Gasteiger partial charge in [-0.05, 0) is 17.7 Å². The number of hydrogen-bond acceptors (Lipinski definition) is 3. The highest BCUT2D eigenvalue weighted by molar-refractivity contribution is 6.33. The fourth-order valence-electron chi connectivity index (χ4n) is 2.46. The molecule has 112 valence electrons. The van der Waals surface area contributed by atoms with Crippen molar-refractivity contribution in [2.75, 3.05) is 5.01 Å². The molecule has 1 atom stereocenters. The third-order valence-electron chi connectivity index (χ3n) is 3.54. The molecule has 3 rings (SSSR count). The first-order valence-corrected chi connectivity index (χ1v) is 7.12. The molecule has 2 aromatic rings. The summed E-state index contributed by atoms with van der Waals surface area (Å²) in [7, 11) is 0. The molecule has 1 heterocycles. The van der Waals surface area contributed by atoms with E-state index in [1.165, 1.54) is 11.2 Å². The summed E-state index contributed by atoms with van der Waals surface area (Å²) in [6, 6.07) is 11.6. The monoisotopic (exact) mass is 317 g/mol. The zero-order valence-corrected chi connectivity index (χ0v) is 12.3. The minimum Gasteiger partial charge on any atom is -0.368 e. The Morgan fingerprint density at radius 1 is 1.27 bits per heavy atom. The van der Waals surface area contributed by atoms with E-state index in [0.29, 0.717) is 12.0 Å². The summed E-state index contributed by atoms with van der Waals surface area (Å²) in [4.78, 5) is 11.5. The lowest BCUT2D eigenvalue weighted by molar-refractivity contribution is -0.119. The Morgan fingerprint density at radius 3 is 2.68 bits per heavy atom. The minimum atomic E-state index is -0.724. The molecule has 0 saturated carbocycles. The van der Waals surface area contributed by atoms with Crippen LogP contribution in [0.5, 0.6) is 0 Å². The van der Waals surface area contributed by atoms with Crippen LogP contribution in [0.25, 0.3) is 11.1 Å². The van der Waals surface area contributed by atoms with Crippen molar-refractivity contribution in [2.45, 2.75) is 12.5 Å². The Hall–Kier alpha value is -2.40. The van der Waals surface area contributed by atoms with Gasteiger partial charge in [0.2, 0.25) is 5.91 Å². The first kappa shape index (κ1) is 14.5. The molecule has 22 heavy (non-hydrogen) atoms. The normalized spacial score (nSPS) is 17.0. The van der Waals surface area contributed by atoms with Crippen molar-refractivity contribution in [3.05, 3.63) is 53.3 Å². The third-order valence-corrected chi connectivity index (χ3v) is 3.84. The van der Waals surface area contributed by atoms with Crippen molar-refractivity contribution in [3.8, 4) is 11.1 Å². The molecule has 0 aliphatic carbocycles. The summed E-state index contributed by atoms with van der Waals surface area (Å²) in [6.45, 7) is 0. The number of carbonyl (C=O) groups is 1. The number of hydrogen-bond donors (Lipinski definition) is 1. The van der Waals surface area contributed by atoms with Gasteiger partial charge in [-0.2, -0.15) is 5.10 Å². The molecule has 0 saturated heterocycles. The van der Waals surface area contributed by atoms with E-state index in [4.69, 9.17) is 17.3 Å². The van der Waals surface area contributed by atoms with Crippen molar-refractivity contribution in [1.82, 2.24) is 0 Å². The molecule has 0 radical (unpaired) electrons. The number of benzene rings is 2. The van der Waals surface area contributed by atoms with Crippen LogP contribution in [-0.2, 0) is 4.79 Å². The largest absolute Gasteiger partial charge is 0.368 e. The van der Waals surface area contributed by atoms with Crippen LogP contribution in [-0.4, -0.2) is 18.2 Å². The Kier molecular flexibility index (Phi) is 3.81. The maximum Gasteiger partial charge on any atom is 0.242 e. The molecule has 2 aromatic carbocycles. The molecule has 0 aromatic heterocycles. The molecule has 6 heteroatoms. The topological polar surface area (TPSA) is 58.7 Å². The molecular formula is C16H13ClFN3O. The van der Waals surface area contributed by atoms with Crippen molar-refractivity contribution in [1.29, 1.82) is 0 Å². The average molecular weight is 318 g/mol. The number of carbonyl (C=O) groups excluding carboxylic acids is 1. The van der Waals surface area contributed by atoms with Crippen LogP contribution < -0.4 is 10.7 Å². The zero-order chi connectivity index (χ0) is 15.7. The lowest BCUT2D eigenvalue weighted by Gasteiger charge is -2.23. The molecule has 1 aliphatic heterocycles. The number of halogens is 2. The predicted molar refractivity (Wildman–Crippen MR) is 85.4 cm³/mol. The summed E-state index contributed by atoms with van der Waals surface area (Å²) in [5, 5.41) is 5.49. The second-order valence-corrected chi connectivity index (χ2v) is 5.33. The quantitative estimate of drug-likeness (QED) is 0.945. The molecule has 1 aliphatic rings. The van der Waals surface area contributed by atoms with Gasteiger partial charge in [-0.3, -0.25) is 4.79 Å². The van der Waals surface area contributed by atoms with E-state index < -0.39 is 17.8 Å². The van der Waals surface area contributed by atoms with Crippen LogP contribution in [0.3, 0.4) is 0 Å². The molecular weight excluding hydrogens is 305 g/mol. The van der Waals surface area contributed by atoms with E-state index >= 15 is 0 Å². The van der Waals surface area contributed by atoms with Crippen molar-refractivity contribution >= 4 is 29.4 Å². The van der Waals surface area contributed by atoms with Crippen LogP contribution >= 0.6 is 11.6 Å². The Balaban J connectivity index is 2.12. The van der Waals surface area contributed by atoms with Gasteiger partial charge < -0.3 is 5.73 Å². The zero-order valence-electron chi connectivity index (χ0n) is 11.5. The number of hydrazone groups is 1. The lowest BCUT2D eigenvalue weighted by atomic mass is 10.0. The second-order valence-electron chi connectivity index (χ2n) is 4.92. The Bertz CT molecular complexity index is 749. The number of rotatable bonds is 3. The number of primary amides is 1. The van der Waals surface area contributed by atoms with Gasteiger partial charge in [-0.1, -0.05) is 41.9 Å². The van der Waals surface area contributed by atoms with E-state index in [9.17, 15) is 9.18 Å². The molecule has 1 amide bonds. The number of amides is 1. The minimum absolute atomic E-state index is 0.0700. The van der Waals surface area contributed by atoms with E-state index in [1.807, 2.05) is 18.2 Å². The summed E-state index contributed by atoms with van der Waals surface area (Å²) < 4.78 is 15.0. The number of nitrogens with two attached hydrogens (primary N) is 1. The van der Waals surface area contributed by atoms with Crippen molar-refractivity contribution in [2.24, 2.45) is 10.8 Å². The smallest absolute Gasteiger partial charge is 0.242 e. The van der Waals surface area contributed by atoms with Gasteiger partial charge in [-0.25, -0.2) is 9.40 Å². The Morgan fingerprint density at radius 2 is 2.00 bits per heavy atom. The van der Waals surface area contributed by atoms with Gasteiger partial charge in [0, 0.05) is 18.2 Å². The highest BCUT2D eigenvalue weighted by atomic mass is 35.5. The molecule has 0 spiro atoms. The molecule has 2 N–H and O–H groups in total. The van der Waals surface area contributed by atoms with Crippen LogP contribution in [0.4, 0.5) is 10.1 Å². The van der Waals surface area contributed by atoms with Crippen LogP contribution in [0.1, 0.15) is 6.42 Å². The third kappa shape index (κ3) is 2.44. The SMILES string of the molecule is NC(=O)C1CC=NN1c1c(Cl)ccc(-c2ccccc2)c1F. The number of anilines is 1. The van der Waals surface area contributed by atoms with E-state index in [1.54, 1.807) is 24.3 Å². The average Bonchev–Trinajstić information content (AvgIpc) is 2.98. The van der Waals surface area contributed by atoms with E-state index in [-0.39, 0.29) is 10.7 Å². The first-order chi connectivity index (χ1) is 10.6. The van der Waals surface area contributed by atoms with Crippen LogP contribution in [0, 0.1) is 5.82 Å². The van der Waals surface area contributed by atoms with E-state index in [0.717, 1.165) is 5.56 Å². The molecule has 1 unspecified atom stereocenters. The summed E-state index contributed by atoms with van der Waals surface area (Å²) in [5.74, 6) is -1.10. The predicted octanol–water partition coefficient (Wildman–Crippen LogP) is 3.20. The summed E-state index contributed by atoms with van der Waals surface area (Å²) >= 11 is 6.13. The van der Waals surface area contributed by atoms with Gasteiger partial charge in [-0.15, -0.1) is 0 Å². The van der Waals surface area contributed by atoms with Crippen molar-refractivity contribution in [3.63, 3.8) is 0 Å². The van der Waals surface area contributed by atoms with Crippen LogP contribution in [0.2, 0.25) is 5.02 Å². The standard InChI is InChI=1S/C16H13ClFN3O/c17-12-7-6-11(10-4-2-1-3-5-10)14(18)15(12)21-13(16(19)22)8-9-20-21/h1-7,9,13H,8H2,(H2,19,22). The second kappa shape index (κ2) is 5.77. The van der Waals surface area contributed by atoms with Gasteiger partial charge in [0.15, 0.2) is 5.82 Å². The maximum absolute atomic E-state index is 15.0. The maximum atomic E-state index is 15.0. The van der Waals surface area contributed by atoms with E-state index in [2.05, 4.69) is 5.10 Å². The summed E-state index contributed by atoms with van der Waals surface area (Å²) in [5.41, 5.74) is 6.53.